The summed E-state index contributed by atoms with van der Waals surface area (Å²) < 4.78 is 43.9. The lowest BCUT2D eigenvalue weighted by Gasteiger charge is -2.21. The molecule has 1 unspecified atom stereocenters. The fourth-order valence-corrected chi connectivity index (χ4v) is 3.48. The van der Waals surface area contributed by atoms with Crippen molar-refractivity contribution in [3.8, 4) is 5.75 Å². The van der Waals surface area contributed by atoms with Crippen molar-refractivity contribution >= 4 is 47.8 Å². The zero-order valence-corrected chi connectivity index (χ0v) is 13.0. The van der Waals surface area contributed by atoms with Crippen LogP contribution < -0.4 is 10.5 Å². The lowest BCUT2D eigenvalue weighted by atomic mass is 10.3. The van der Waals surface area contributed by atoms with E-state index in [0.717, 1.165) is 0 Å². The minimum absolute atomic E-state index is 0.0703. The van der Waals surface area contributed by atoms with Gasteiger partial charge >= 0.3 is 6.18 Å². The predicted octanol–water partition coefficient (Wildman–Crippen LogP) is 4.24. The molecule has 1 rings (SSSR count). The first-order valence-corrected chi connectivity index (χ1v) is 6.71. The Labute approximate surface area is 121 Å². The van der Waals surface area contributed by atoms with Crippen LogP contribution in [0.4, 0.5) is 13.2 Å². The van der Waals surface area contributed by atoms with Gasteiger partial charge in [-0.15, -0.1) is 0 Å². The molecule has 0 heterocycles. The number of benzene rings is 1. The predicted molar refractivity (Wildman–Crippen MR) is 69.1 cm³/mol. The van der Waals surface area contributed by atoms with Gasteiger partial charge in [-0.25, -0.2) is 0 Å². The minimum Gasteiger partial charge on any atom is -0.477 e. The summed E-state index contributed by atoms with van der Waals surface area (Å²) in [4.78, 5) is 0. The lowest BCUT2D eigenvalue weighted by Crippen LogP contribution is -2.40. The molecule has 0 saturated heterocycles. The van der Waals surface area contributed by atoms with E-state index in [9.17, 15) is 13.2 Å². The van der Waals surface area contributed by atoms with Gasteiger partial charge in [0.25, 0.3) is 0 Å². The van der Waals surface area contributed by atoms with Crippen molar-refractivity contribution in [1.29, 1.82) is 0 Å². The van der Waals surface area contributed by atoms with Crippen molar-refractivity contribution in [2.24, 2.45) is 5.73 Å². The largest absolute Gasteiger partial charge is 0.477 e. The van der Waals surface area contributed by atoms with Crippen LogP contribution in [0.1, 0.15) is 0 Å². The second kappa shape index (κ2) is 5.90. The quantitative estimate of drug-likeness (QED) is 0.761. The van der Waals surface area contributed by atoms with E-state index in [-0.39, 0.29) is 5.75 Å². The fraction of sp³-hybridized carbons (Fsp3) is 0.333. The molecular weight excluding hydrogens is 435 g/mol. The standard InChI is InChI=1S/C9H7Br3F3NO/c10-4-1-5(11)8(6(12)2-4)17-7(3-16)9(13,14)15/h1-2,7H,3,16H2. The monoisotopic (exact) mass is 439 g/mol. The normalized spacial score (nSPS) is 13.6. The van der Waals surface area contributed by atoms with Crippen LogP contribution in [-0.2, 0) is 0 Å². The fourth-order valence-electron chi connectivity index (χ4n) is 1.03. The number of nitrogens with two attached hydrogens (primary N) is 1. The van der Waals surface area contributed by atoms with E-state index in [1.807, 2.05) is 0 Å². The highest BCUT2D eigenvalue weighted by Crippen LogP contribution is 2.38. The zero-order valence-electron chi connectivity index (χ0n) is 8.19. The molecule has 17 heavy (non-hydrogen) atoms. The Morgan fingerprint density at radius 2 is 1.65 bits per heavy atom. The second-order valence-electron chi connectivity index (χ2n) is 3.08. The highest BCUT2D eigenvalue weighted by molar-refractivity contribution is 9.11. The molecule has 1 atom stereocenters. The Morgan fingerprint density at radius 1 is 1.18 bits per heavy atom. The van der Waals surface area contributed by atoms with E-state index < -0.39 is 18.8 Å². The molecule has 0 amide bonds. The maximum Gasteiger partial charge on any atom is 0.426 e. The summed E-state index contributed by atoms with van der Waals surface area (Å²) in [6.45, 7) is -0.640. The summed E-state index contributed by atoms with van der Waals surface area (Å²) >= 11 is 9.47. The van der Waals surface area contributed by atoms with Crippen LogP contribution in [0.15, 0.2) is 25.6 Å². The number of ether oxygens (including phenoxy) is 1. The number of hydrogen-bond acceptors (Lipinski definition) is 2. The topological polar surface area (TPSA) is 35.2 Å². The van der Waals surface area contributed by atoms with Crippen LogP contribution in [0.3, 0.4) is 0 Å². The molecule has 0 fully saturated rings. The zero-order chi connectivity index (χ0) is 13.2. The van der Waals surface area contributed by atoms with Gasteiger partial charge in [0.15, 0.2) is 0 Å². The summed E-state index contributed by atoms with van der Waals surface area (Å²) in [5.74, 6) is 0.0703. The van der Waals surface area contributed by atoms with Gasteiger partial charge in [-0.3, -0.25) is 0 Å². The first kappa shape index (κ1) is 15.3. The average molecular weight is 442 g/mol. The van der Waals surface area contributed by atoms with Crippen LogP contribution in [-0.4, -0.2) is 18.8 Å². The van der Waals surface area contributed by atoms with Crippen LogP contribution >= 0.6 is 47.8 Å². The van der Waals surface area contributed by atoms with E-state index >= 15 is 0 Å². The smallest absolute Gasteiger partial charge is 0.426 e. The third-order valence-corrected chi connectivity index (χ3v) is 3.44. The van der Waals surface area contributed by atoms with Crippen LogP contribution in [0.25, 0.3) is 0 Å². The Morgan fingerprint density at radius 3 is 2.00 bits per heavy atom. The molecule has 2 nitrogen and oxygen atoms in total. The number of rotatable bonds is 3. The molecule has 0 saturated carbocycles. The van der Waals surface area contributed by atoms with Gasteiger partial charge in [-0.1, -0.05) is 15.9 Å². The van der Waals surface area contributed by atoms with Crippen molar-refractivity contribution in [3.05, 3.63) is 25.6 Å². The lowest BCUT2D eigenvalue weighted by molar-refractivity contribution is -0.191. The first-order valence-electron chi connectivity index (χ1n) is 4.33. The Bertz CT molecular complexity index is 388. The molecule has 0 aliphatic heterocycles. The molecule has 2 N–H and O–H groups in total. The molecule has 0 spiro atoms. The third kappa shape index (κ3) is 4.11. The summed E-state index contributed by atoms with van der Waals surface area (Å²) in [6, 6.07) is 3.17. The van der Waals surface area contributed by atoms with Crippen LogP contribution in [0, 0.1) is 0 Å². The Balaban J connectivity index is 3.02. The molecule has 1 aromatic rings. The van der Waals surface area contributed by atoms with Crippen molar-refractivity contribution in [2.75, 3.05) is 6.54 Å². The third-order valence-electron chi connectivity index (χ3n) is 1.80. The molecule has 0 radical (unpaired) electrons. The van der Waals surface area contributed by atoms with E-state index in [4.69, 9.17) is 10.5 Å². The molecule has 96 valence electrons. The summed E-state index contributed by atoms with van der Waals surface area (Å²) in [7, 11) is 0. The SMILES string of the molecule is NCC(Oc1c(Br)cc(Br)cc1Br)C(F)(F)F. The van der Waals surface area contributed by atoms with Gasteiger partial charge in [-0.2, -0.15) is 13.2 Å². The van der Waals surface area contributed by atoms with E-state index in [1.54, 1.807) is 12.1 Å². The van der Waals surface area contributed by atoms with Crippen LogP contribution in [0.5, 0.6) is 5.75 Å². The van der Waals surface area contributed by atoms with Gasteiger partial charge in [0.2, 0.25) is 6.10 Å². The molecule has 0 aliphatic carbocycles. The molecular formula is C9H7Br3F3NO. The van der Waals surface area contributed by atoms with Crippen molar-refractivity contribution < 1.29 is 17.9 Å². The average Bonchev–Trinajstić information content (AvgIpc) is 2.14. The molecule has 0 bridgehead atoms. The van der Waals surface area contributed by atoms with Gasteiger partial charge in [0, 0.05) is 11.0 Å². The second-order valence-corrected chi connectivity index (χ2v) is 5.71. The van der Waals surface area contributed by atoms with E-state index in [1.165, 1.54) is 0 Å². The summed E-state index contributed by atoms with van der Waals surface area (Å²) in [5.41, 5.74) is 5.05. The maximum atomic E-state index is 12.5. The Kier molecular flexibility index (Phi) is 5.30. The Hall–Kier alpha value is 0.210. The number of hydrogen-bond donors (Lipinski definition) is 1. The number of halogens is 6. The van der Waals surface area contributed by atoms with E-state index in [0.29, 0.717) is 13.4 Å². The van der Waals surface area contributed by atoms with Crippen molar-refractivity contribution in [3.63, 3.8) is 0 Å². The molecule has 0 aromatic heterocycles. The number of alkyl halides is 3. The van der Waals surface area contributed by atoms with Crippen molar-refractivity contribution in [1.82, 2.24) is 0 Å². The van der Waals surface area contributed by atoms with Gasteiger partial charge in [0.1, 0.15) is 5.75 Å². The van der Waals surface area contributed by atoms with Gasteiger partial charge < -0.3 is 10.5 Å². The summed E-state index contributed by atoms with van der Waals surface area (Å²) in [6.07, 6.45) is -6.53. The minimum atomic E-state index is -4.50. The van der Waals surface area contributed by atoms with Crippen LogP contribution in [0.2, 0.25) is 0 Å². The van der Waals surface area contributed by atoms with Crippen molar-refractivity contribution in [2.45, 2.75) is 12.3 Å². The maximum absolute atomic E-state index is 12.5. The summed E-state index contributed by atoms with van der Waals surface area (Å²) in [5, 5.41) is 0. The highest BCUT2D eigenvalue weighted by atomic mass is 79.9. The molecule has 1 aromatic carbocycles. The first-order chi connectivity index (χ1) is 7.75. The molecule has 8 heteroatoms. The van der Waals surface area contributed by atoms with Gasteiger partial charge in [0.05, 0.1) is 8.95 Å². The highest BCUT2D eigenvalue weighted by Gasteiger charge is 2.41. The van der Waals surface area contributed by atoms with E-state index in [2.05, 4.69) is 47.8 Å². The van der Waals surface area contributed by atoms with Gasteiger partial charge in [-0.05, 0) is 44.0 Å². The molecule has 0 aliphatic rings.